The number of aromatic carboxylic acids is 1. The molecule has 0 fully saturated rings. The molecule has 0 aliphatic heterocycles. The van der Waals surface area contributed by atoms with Crippen molar-refractivity contribution in [2.75, 3.05) is 5.32 Å². The number of anilines is 1. The molecule has 1 aromatic carbocycles. The highest BCUT2D eigenvalue weighted by molar-refractivity contribution is 5.93. The number of nitrogens with one attached hydrogen (secondary N) is 2. The molecule has 0 saturated carbocycles. The SMILES string of the molecule is Cc1noc(CNC(=O)Nc2ccc(C(=O)O)cc2O)n1. The Morgan fingerprint density at radius 2 is 2.14 bits per heavy atom. The van der Waals surface area contributed by atoms with Crippen LogP contribution in [0, 0.1) is 6.92 Å². The number of carbonyl (C=O) groups excluding carboxylic acids is 1. The zero-order chi connectivity index (χ0) is 15.4. The number of carboxylic acids is 1. The number of aryl methyl sites for hydroxylation is 1. The van der Waals surface area contributed by atoms with Gasteiger partial charge in [0.25, 0.3) is 0 Å². The molecule has 4 N–H and O–H groups in total. The molecular weight excluding hydrogens is 280 g/mol. The van der Waals surface area contributed by atoms with Crippen LogP contribution < -0.4 is 10.6 Å². The predicted octanol–water partition coefficient (Wildman–Crippen LogP) is 1.10. The number of aromatic hydroxyl groups is 1. The quantitative estimate of drug-likeness (QED) is 0.619. The first-order valence-electron chi connectivity index (χ1n) is 5.86. The minimum atomic E-state index is -1.17. The third kappa shape index (κ3) is 3.69. The highest BCUT2D eigenvalue weighted by Crippen LogP contribution is 2.24. The number of nitrogens with zero attached hydrogens (tertiary/aromatic N) is 2. The molecule has 2 rings (SSSR count). The van der Waals surface area contributed by atoms with Crippen LogP contribution in [-0.2, 0) is 6.54 Å². The minimum Gasteiger partial charge on any atom is -0.506 e. The van der Waals surface area contributed by atoms with Crippen LogP contribution in [0.5, 0.6) is 5.75 Å². The fourth-order valence-corrected chi connectivity index (χ4v) is 1.50. The molecule has 0 aliphatic carbocycles. The summed E-state index contributed by atoms with van der Waals surface area (Å²) in [5.41, 5.74) is -0.000923. The molecule has 0 radical (unpaired) electrons. The molecule has 0 aliphatic rings. The number of aromatic nitrogens is 2. The molecule has 0 saturated heterocycles. The maximum Gasteiger partial charge on any atom is 0.335 e. The van der Waals surface area contributed by atoms with Gasteiger partial charge in [0.05, 0.1) is 17.8 Å². The molecule has 9 heteroatoms. The third-order valence-electron chi connectivity index (χ3n) is 2.46. The fraction of sp³-hybridized carbons (Fsp3) is 0.167. The van der Waals surface area contributed by atoms with Crippen molar-refractivity contribution in [3.63, 3.8) is 0 Å². The number of amides is 2. The van der Waals surface area contributed by atoms with Crippen LogP contribution in [0.15, 0.2) is 22.7 Å². The molecule has 9 nitrogen and oxygen atoms in total. The highest BCUT2D eigenvalue weighted by Gasteiger charge is 2.11. The highest BCUT2D eigenvalue weighted by atomic mass is 16.5. The van der Waals surface area contributed by atoms with Crippen LogP contribution in [0.4, 0.5) is 10.5 Å². The van der Waals surface area contributed by atoms with E-state index in [1.165, 1.54) is 12.1 Å². The topological polar surface area (TPSA) is 138 Å². The van der Waals surface area contributed by atoms with Gasteiger partial charge in [-0.1, -0.05) is 5.16 Å². The van der Waals surface area contributed by atoms with E-state index in [1.807, 2.05) is 0 Å². The molecule has 1 heterocycles. The second-order valence-corrected chi connectivity index (χ2v) is 4.08. The summed E-state index contributed by atoms with van der Waals surface area (Å²) in [5.74, 6) is -0.825. The van der Waals surface area contributed by atoms with E-state index >= 15 is 0 Å². The minimum absolute atomic E-state index is 0.0284. The number of phenols is 1. The number of urea groups is 1. The summed E-state index contributed by atoms with van der Waals surface area (Å²) >= 11 is 0. The Morgan fingerprint density at radius 1 is 1.38 bits per heavy atom. The number of hydrogen-bond acceptors (Lipinski definition) is 6. The summed E-state index contributed by atoms with van der Waals surface area (Å²) in [5, 5.41) is 26.8. The van der Waals surface area contributed by atoms with E-state index in [-0.39, 0.29) is 29.4 Å². The summed E-state index contributed by atoms with van der Waals surface area (Å²) in [6.45, 7) is 1.68. The summed E-state index contributed by atoms with van der Waals surface area (Å²) < 4.78 is 4.81. The van der Waals surface area contributed by atoms with E-state index in [0.717, 1.165) is 6.07 Å². The molecule has 2 aromatic rings. The average Bonchev–Trinajstić information content (AvgIpc) is 2.84. The van der Waals surface area contributed by atoms with Gasteiger partial charge in [-0.15, -0.1) is 0 Å². The van der Waals surface area contributed by atoms with E-state index in [0.29, 0.717) is 5.82 Å². The Bertz CT molecular complexity index is 682. The van der Waals surface area contributed by atoms with Gasteiger partial charge in [-0.05, 0) is 25.1 Å². The maximum atomic E-state index is 11.6. The zero-order valence-electron chi connectivity index (χ0n) is 11.0. The van der Waals surface area contributed by atoms with Gasteiger partial charge in [0.2, 0.25) is 5.89 Å². The summed E-state index contributed by atoms with van der Waals surface area (Å²) in [7, 11) is 0. The Labute approximate surface area is 118 Å². The Morgan fingerprint density at radius 3 is 2.71 bits per heavy atom. The van der Waals surface area contributed by atoms with E-state index in [9.17, 15) is 14.7 Å². The first-order valence-corrected chi connectivity index (χ1v) is 5.86. The Hall–Kier alpha value is -3.10. The van der Waals surface area contributed by atoms with Crippen molar-refractivity contribution in [2.24, 2.45) is 0 Å². The number of rotatable bonds is 4. The van der Waals surface area contributed by atoms with Gasteiger partial charge in [-0.2, -0.15) is 4.98 Å². The largest absolute Gasteiger partial charge is 0.506 e. The lowest BCUT2D eigenvalue weighted by molar-refractivity contribution is 0.0696. The number of phenolic OH excluding ortho intramolecular Hbond substituents is 1. The predicted molar refractivity (Wildman–Crippen MR) is 70.0 cm³/mol. The van der Waals surface area contributed by atoms with Crippen LogP contribution >= 0.6 is 0 Å². The molecule has 0 unspecified atom stereocenters. The van der Waals surface area contributed by atoms with Gasteiger partial charge in [0, 0.05) is 0 Å². The van der Waals surface area contributed by atoms with Crippen LogP contribution in [0.1, 0.15) is 22.1 Å². The number of carbonyl (C=O) groups is 2. The smallest absolute Gasteiger partial charge is 0.335 e. The molecule has 0 atom stereocenters. The Kier molecular flexibility index (Phi) is 4.02. The molecule has 1 aromatic heterocycles. The van der Waals surface area contributed by atoms with Crippen LogP contribution in [0.3, 0.4) is 0 Å². The molecular formula is C12H12N4O5. The molecule has 21 heavy (non-hydrogen) atoms. The van der Waals surface area contributed by atoms with Crippen molar-refractivity contribution >= 4 is 17.7 Å². The summed E-state index contributed by atoms with van der Waals surface area (Å²) in [4.78, 5) is 26.2. The van der Waals surface area contributed by atoms with E-state index < -0.39 is 12.0 Å². The lowest BCUT2D eigenvalue weighted by Crippen LogP contribution is -2.28. The number of carboxylic acid groups (broad SMARTS) is 1. The van der Waals surface area contributed by atoms with Crippen LogP contribution in [0.25, 0.3) is 0 Å². The first-order chi connectivity index (χ1) is 9.95. The lowest BCUT2D eigenvalue weighted by Gasteiger charge is -2.08. The average molecular weight is 292 g/mol. The van der Waals surface area contributed by atoms with Crippen molar-refractivity contribution in [1.29, 1.82) is 0 Å². The molecule has 2 amide bonds. The van der Waals surface area contributed by atoms with Crippen LogP contribution in [-0.4, -0.2) is 32.4 Å². The van der Waals surface area contributed by atoms with Gasteiger partial charge in [0.15, 0.2) is 5.82 Å². The van der Waals surface area contributed by atoms with Gasteiger partial charge >= 0.3 is 12.0 Å². The van der Waals surface area contributed by atoms with Crippen molar-refractivity contribution in [3.05, 3.63) is 35.5 Å². The van der Waals surface area contributed by atoms with E-state index in [1.54, 1.807) is 6.92 Å². The van der Waals surface area contributed by atoms with Gasteiger partial charge in [-0.25, -0.2) is 9.59 Å². The van der Waals surface area contributed by atoms with Gasteiger partial charge in [-0.3, -0.25) is 0 Å². The van der Waals surface area contributed by atoms with Gasteiger partial charge in [0.1, 0.15) is 5.75 Å². The molecule has 110 valence electrons. The summed E-state index contributed by atoms with van der Waals surface area (Å²) in [6, 6.07) is 2.98. The summed E-state index contributed by atoms with van der Waals surface area (Å²) in [6.07, 6.45) is 0. The molecule has 0 bridgehead atoms. The van der Waals surface area contributed by atoms with Crippen molar-refractivity contribution in [3.8, 4) is 5.75 Å². The monoisotopic (exact) mass is 292 g/mol. The number of hydrogen-bond donors (Lipinski definition) is 4. The number of benzene rings is 1. The second kappa shape index (κ2) is 5.90. The standard InChI is InChI=1S/C12H12N4O5/c1-6-14-10(21-16-6)5-13-12(20)15-8-3-2-7(11(18)19)4-9(8)17/h2-4,17H,5H2,1H3,(H,18,19)(H2,13,15,20). The normalized spacial score (nSPS) is 10.1. The van der Waals surface area contributed by atoms with E-state index in [2.05, 4.69) is 20.8 Å². The van der Waals surface area contributed by atoms with Crippen molar-refractivity contribution < 1.29 is 24.3 Å². The Balaban J connectivity index is 1.94. The second-order valence-electron chi connectivity index (χ2n) is 4.08. The molecule has 0 spiro atoms. The fourth-order valence-electron chi connectivity index (χ4n) is 1.50. The zero-order valence-corrected chi connectivity index (χ0v) is 11.0. The first kappa shape index (κ1) is 14.3. The maximum absolute atomic E-state index is 11.6. The van der Waals surface area contributed by atoms with Crippen LogP contribution in [0.2, 0.25) is 0 Å². The van der Waals surface area contributed by atoms with Crippen molar-refractivity contribution in [1.82, 2.24) is 15.5 Å². The van der Waals surface area contributed by atoms with Crippen molar-refractivity contribution in [2.45, 2.75) is 13.5 Å². The van der Waals surface area contributed by atoms with E-state index in [4.69, 9.17) is 9.63 Å². The lowest BCUT2D eigenvalue weighted by atomic mass is 10.2. The van der Waals surface area contributed by atoms with Gasteiger partial charge < -0.3 is 25.4 Å². The third-order valence-corrected chi connectivity index (χ3v) is 2.46.